The van der Waals surface area contributed by atoms with Crippen molar-refractivity contribution in [2.24, 2.45) is 0 Å². The fourth-order valence-corrected chi connectivity index (χ4v) is 2.34. The minimum Gasteiger partial charge on any atom is -0.496 e. The Kier molecular flexibility index (Phi) is 4.91. The molecule has 0 spiro atoms. The maximum Gasteiger partial charge on any atom is 0.159 e. The highest BCUT2D eigenvalue weighted by atomic mass is 19.2. The van der Waals surface area contributed by atoms with E-state index in [2.05, 4.69) is 5.32 Å². The molecule has 1 atom stereocenters. The largest absolute Gasteiger partial charge is 0.496 e. The summed E-state index contributed by atoms with van der Waals surface area (Å²) in [4.78, 5) is 0. The van der Waals surface area contributed by atoms with E-state index in [1.165, 1.54) is 6.07 Å². The average molecular weight is 291 g/mol. The van der Waals surface area contributed by atoms with Gasteiger partial charge in [0.2, 0.25) is 0 Å². The maximum atomic E-state index is 13.5. The van der Waals surface area contributed by atoms with Crippen LogP contribution in [0.5, 0.6) is 5.75 Å². The summed E-state index contributed by atoms with van der Waals surface area (Å²) < 4.78 is 31.9. The van der Waals surface area contributed by atoms with Crippen LogP contribution in [0.25, 0.3) is 0 Å². The first-order chi connectivity index (χ1) is 10.1. The normalized spacial score (nSPS) is 12.2. The number of aryl methyl sites for hydroxylation is 1. The lowest BCUT2D eigenvalue weighted by Crippen LogP contribution is -2.22. The van der Waals surface area contributed by atoms with Crippen LogP contribution in [0, 0.1) is 18.6 Å². The summed E-state index contributed by atoms with van der Waals surface area (Å²) in [6, 6.07) is 9.61. The van der Waals surface area contributed by atoms with E-state index < -0.39 is 11.6 Å². The van der Waals surface area contributed by atoms with Crippen LogP contribution in [-0.2, 0) is 0 Å². The summed E-state index contributed by atoms with van der Waals surface area (Å²) in [5, 5.41) is 3.29. The van der Waals surface area contributed by atoms with Gasteiger partial charge in [0.1, 0.15) is 5.75 Å². The van der Waals surface area contributed by atoms with Gasteiger partial charge in [-0.25, -0.2) is 8.78 Å². The van der Waals surface area contributed by atoms with Crippen LogP contribution in [0.4, 0.5) is 8.78 Å². The Labute approximate surface area is 123 Å². The molecule has 112 valence electrons. The molecule has 0 fully saturated rings. The molecule has 21 heavy (non-hydrogen) atoms. The SMILES string of the molecule is CCNC(c1ccc(F)c(F)c1)c1ccc(C)c(OC)c1. The molecule has 0 bridgehead atoms. The van der Waals surface area contributed by atoms with Gasteiger partial charge in [-0.1, -0.05) is 25.1 Å². The van der Waals surface area contributed by atoms with E-state index in [1.54, 1.807) is 13.2 Å². The molecular formula is C17H19F2NO. The van der Waals surface area contributed by atoms with E-state index in [1.807, 2.05) is 32.0 Å². The first-order valence-corrected chi connectivity index (χ1v) is 6.89. The van der Waals surface area contributed by atoms with Gasteiger partial charge < -0.3 is 10.1 Å². The number of hydrogen-bond acceptors (Lipinski definition) is 2. The van der Waals surface area contributed by atoms with Crippen molar-refractivity contribution in [1.29, 1.82) is 0 Å². The van der Waals surface area contributed by atoms with Crippen LogP contribution in [-0.4, -0.2) is 13.7 Å². The molecule has 1 N–H and O–H groups in total. The lowest BCUT2D eigenvalue weighted by atomic mass is 9.97. The number of hydrogen-bond donors (Lipinski definition) is 1. The third kappa shape index (κ3) is 3.39. The highest BCUT2D eigenvalue weighted by molar-refractivity contribution is 5.41. The molecule has 0 heterocycles. The van der Waals surface area contributed by atoms with E-state index in [4.69, 9.17) is 4.74 Å². The van der Waals surface area contributed by atoms with Gasteiger partial charge >= 0.3 is 0 Å². The second-order valence-electron chi connectivity index (χ2n) is 4.89. The number of ether oxygens (including phenoxy) is 1. The minimum absolute atomic E-state index is 0.209. The molecule has 0 saturated carbocycles. The van der Waals surface area contributed by atoms with Crippen LogP contribution < -0.4 is 10.1 Å². The third-order valence-corrected chi connectivity index (χ3v) is 3.45. The van der Waals surface area contributed by atoms with Gasteiger partial charge in [-0.15, -0.1) is 0 Å². The third-order valence-electron chi connectivity index (χ3n) is 3.45. The zero-order valence-electron chi connectivity index (χ0n) is 12.4. The van der Waals surface area contributed by atoms with Crippen molar-refractivity contribution in [2.75, 3.05) is 13.7 Å². The van der Waals surface area contributed by atoms with Gasteiger partial charge in [0, 0.05) is 0 Å². The number of rotatable bonds is 5. The van der Waals surface area contributed by atoms with E-state index in [0.29, 0.717) is 12.1 Å². The van der Waals surface area contributed by atoms with Gasteiger partial charge in [0.15, 0.2) is 11.6 Å². The number of methoxy groups -OCH3 is 1. The molecule has 0 radical (unpaired) electrons. The Morgan fingerprint density at radius 1 is 1.05 bits per heavy atom. The average Bonchev–Trinajstić information content (AvgIpc) is 2.48. The highest BCUT2D eigenvalue weighted by Crippen LogP contribution is 2.28. The molecule has 4 heteroatoms. The Hall–Kier alpha value is -1.94. The van der Waals surface area contributed by atoms with Gasteiger partial charge in [-0.05, 0) is 48.4 Å². The van der Waals surface area contributed by atoms with Crippen molar-refractivity contribution in [3.63, 3.8) is 0 Å². The number of nitrogens with one attached hydrogen (secondary N) is 1. The molecule has 2 nitrogen and oxygen atoms in total. The Morgan fingerprint density at radius 3 is 2.33 bits per heavy atom. The molecule has 1 unspecified atom stereocenters. The molecule has 0 saturated heterocycles. The van der Waals surface area contributed by atoms with Crippen molar-refractivity contribution in [2.45, 2.75) is 19.9 Å². The molecule has 0 aromatic heterocycles. The molecule has 0 amide bonds. The van der Waals surface area contributed by atoms with Crippen LogP contribution >= 0.6 is 0 Å². The molecule has 2 aromatic rings. The Balaban J connectivity index is 2.44. The van der Waals surface area contributed by atoms with E-state index >= 15 is 0 Å². The van der Waals surface area contributed by atoms with Crippen LogP contribution in [0.2, 0.25) is 0 Å². The second-order valence-corrected chi connectivity index (χ2v) is 4.89. The Morgan fingerprint density at radius 2 is 1.71 bits per heavy atom. The number of benzene rings is 2. The summed E-state index contributed by atoms with van der Waals surface area (Å²) in [5.41, 5.74) is 2.66. The summed E-state index contributed by atoms with van der Waals surface area (Å²) in [6.07, 6.45) is 0. The van der Waals surface area contributed by atoms with E-state index in [9.17, 15) is 8.78 Å². The summed E-state index contributed by atoms with van der Waals surface area (Å²) in [5.74, 6) is -0.900. The quantitative estimate of drug-likeness (QED) is 0.899. The van der Waals surface area contributed by atoms with Crippen molar-refractivity contribution in [1.82, 2.24) is 5.32 Å². The minimum atomic E-state index is -0.838. The van der Waals surface area contributed by atoms with Crippen molar-refractivity contribution in [3.8, 4) is 5.75 Å². The predicted octanol–water partition coefficient (Wildman–Crippen LogP) is 3.98. The molecular weight excluding hydrogens is 272 g/mol. The predicted molar refractivity (Wildman–Crippen MR) is 79.6 cm³/mol. The van der Waals surface area contributed by atoms with Crippen LogP contribution in [0.1, 0.15) is 29.7 Å². The second kappa shape index (κ2) is 6.68. The van der Waals surface area contributed by atoms with Crippen molar-refractivity contribution in [3.05, 3.63) is 64.7 Å². The fourth-order valence-electron chi connectivity index (χ4n) is 2.34. The summed E-state index contributed by atoms with van der Waals surface area (Å²) in [7, 11) is 1.62. The van der Waals surface area contributed by atoms with Gasteiger partial charge in [-0.3, -0.25) is 0 Å². The highest BCUT2D eigenvalue weighted by Gasteiger charge is 2.16. The lowest BCUT2D eigenvalue weighted by Gasteiger charge is -2.20. The van der Waals surface area contributed by atoms with E-state index in [0.717, 1.165) is 22.9 Å². The molecule has 0 aliphatic rings. The molecule has 2 rings (SSSR count). The molecule has 0 aliphatic carbocycles. The molecule has 2 aromatic carbocycles. The van der Waals surface area contributed by atoms with E-state index in [-0.39, 0.29) is 6.04 Å². The van der Waals surface area contributed by atoms with Crippen LogP contribution in [0.3, 0.4) is 0 Å². The van der Waals surface area contributed by atoms with Gasteiger partial charge in [0.25, 0.3) is 0 Å². The van der Waals surface area contributed by atoms with Crippen molar-refractivity contribution < 1.29 is 13.5 Å². The standard InChI is InChI=1S/C17H19F2NO/c1-4-20-17(12-7-8-14(18)15(19)9-12)13-6-5-11(2)16(10-13)21-3/h5-10,17,20H,4H2,1-3H3. The topological polar surface area (TPSA) is 21.3 Å². The van der Waals surface area contributed by atoms with Crippen molar-refractivity contribution >= 4 is 0 Å². The smallest absolute Gasteiger partial charge is 0.159 e. The first kappa shape index (κ1) is 15.4. The maximum absolute atomic E-state index is 13.5. The monoisotopic (exact) mass is 291 g/mol. The zero-order valence-corrected chi connectivity index (χ0v) is 12.4. The Bertz CT molecular complexity index is 628. The number of halogens is 2. The fraction of sp³-hybridized carbons (Fsp3) is 0.294. The summed E-state index contributed by atoms with van der Waals surface area (Å²) >= 11 is 0. The molecule has 0 aliphatic heterocycles. The first-order valence-electron chi connectivity index (χ1n) is 6.89. The van der Waals surface area contributed by atoms with Gasteiger partial charge in [0.05, 0.1) is 13.2 Å². The zero-order chi connectivity index (χ0) is 15.4. The lowest BCUT2D eigenvalue weighted by molar-refractivity contribution is 0.410. The van der Waals surface area contributed by atoms with Gasteiger partial charge in [-0.2, -0.15) is 0 Å². The summed E-state index contributed by atoms with van der Waals surface area (Å²) in [6.45, 7) is 4.64. The van der Waals surface area contributed by atoms with Crippen LogP contribution in [0.15, 0.2) is 36.4 Å².